The van der Waals surface area contributed by atoms with Gasteiger partial charge in [-0.15, -0.1) is 0 Å². The molecule has 1 amide bonds. The fraction of sp³-hybridized carbons (Fsp3) is 0.250. The molecule has 0 aromatic heterocycles. The predicted molar refractivity (Wildman–Crippen MR) is 60.1 cm³/mol. The topological polar surface area (TPSA) is 49.3 Å². The van der Waals surface area contributed by atoms with Crippen LogP contribution in [0.25, 0.3) is 6.08 Å². The lowest BCUT2D eigenvalue weighted by molar-refractivity contribution is -0.118. The van der Waals surface area contributed by atoms with Crippen LogP contribution in [0.3, 0.4) is 0 Å². The van der Waals surface area contributed by atoms with Crippen molar-refractivity contribution in [2.24, 2.45) is 0 Å². The Morgan fingerprint density at radius 3 is 3.00 bits per heavy atom. The number of hydrogen-bond donors (Lipinski definition) is 2. The van der Waals surface area contributed by atoms with E-state index in [9.17, 15) is 4.79 Å². The van der Waals surface area contributed by atoms with Crippen LogP contribution in [0, 0.1) is 0 Å². The van der Waals surface area contributed by atoms with Gasteiger partial charge in [-0.05, 0) is 17.2 Å². The van der Waals surface area contributed by atoms with Crippen LogP contribution in [0.2, 0.25) is 0 Å². The number of carbonyl (C=O) groups excluding carboxylic acids is 1. The molecule has 0 heterocycles. The largest absolute Gasteiger partial charge is 0.392 e. The van der Waals surface area contributed by atoms with Crippen molar-refractivity contribution in [3.63, 3.8) is 0 Å². The van der Waals surface area contributed by atoms with E-state index < -0.39 is 0 Å². The second-order valence-corrected chi connectivity index (χ2v) is 3.24. The number of aliphatic hydroxyl groups is 1. The van der Waals surface area contributed by atoms with Gasteiger partial charge in [0.25, 0.3) is 0 Å². The summed E-state index contributed by atoms with van der Waals surface area (Å²) in [6, 6.07) is 7.61. The van der Waals surface area contributed by atoms with E-state index in [1.54, 1.807) is 0 Å². The first-order chi connectivity index (χ1) is 7.22. The minimum Gasteiger partial charge on any atom is -0.392 e. The molecule has 0 fully saturated rings. The van der Waals surface area contributed by atoms with Crippen molar-refractivity contribution in [3.05, 3.63) is 41.5 Å². The van der Waals surface area contributed by atoms with E-state index in [-0.39, 0.29) is 12.5 Å². The van der Waals surface area contributed by atoms with Crippen molar-refractivity contribution in [1.29, 1.82) is 0 Å². The van der Waals surface area contributed by atoms with E-state index in [0.29, 0.717) is 6.54 Å². The van der Waals surface area contributed by atoms with Crippen LogP contribution in [-0.4, -0.2) is 17.6 Å². The molecule has 0 bridgehead atoms. The summed E-state index contributed by atoms with van der Waals surface area (Å²) in [4.78, 5) is 10.6. The van der Waals surface area contributed by atoms with E-state index in [4.69, 9.17) is 5.11 Å². The van der Waals surface area contributed by atoms with Crippen LogP contribution >= 0.6 is 0 Å². The van der Waals surface area contributed by atoms with Gasteiger partial charge >= 0.3 is 0 Å². The fourth-order valence-electron chi connectivity index (χ4n) is 1.19. The summed E-state index contributed by atoms with van der Waals surface area (Å²) in [5, 5.41) is 11.6. The minimum atomic E-state index is -0.0382. The fourth-order valence-corrected chi connectivity index (χ4v) is 1.19. The molecule has 0 aliphatic rings. The van der Waals surface area contributed by atoms with Crippen molar-refractivity contribution in [2.45, 2.75) is 13.5 Å². The predicted octanol–water partition coefficient (Wildman–Crippen LogP) is 1.33. The Labute approximate surface area is 89.4 Å². The molecule has 0 unspecified atom stereocenters. The van der Waals surface area contributed by atoms with E-state index in [0.717, 1.165) is 11.1 Å². The van der Waals surface area contributed by atoms with Crippen LogP contribution in [0.4, 0.5) is 0 Å². The van der Waals surface area contributed by atoms with E-state index >= 15 is 0 Å². The van der Waals surface area contributed by atoms with Crippen molar-refractivity contribution in [1.82, 2.24) is 5.32 Å². The molecule has 0 radical (unpaired) electrons. The average Bonchev–Trinajstić information content (AvgIpc) is 2.24. The average molecular weight is 205 g/mol. The first kappa shape index (κ1) is 11.5. The molecule has 1 rings (SSSR count). The number of amides is 1. The van der Waals surface area contributed by atoms with Gasteiger partial charge in [0.2, 0.25) is 5.91 Å². The SMILES string of the molecule is CC(=O)NCC=Cc1cccc(CO)c1. The van der Waals surface area contributed by atoms with Gasteiger partial charge < -0.3 is 10.4 Å². The van der Waals surface area contributed by atoms with Crippen molar-refractivity contribution < 1.29 is 9.90 Å². The van der Waals surface area contributed by atoms with Crippen LogP contribution in [0.1, 0.15) is 18.1 Å². The van der Waals surface area contributed by atoms with Crippen LogP contribution in [0.15, 0.2) is 30.3 Å². The Morgan fingerprint density at radius 2 is 2.33 bits per heavy atom. The molecule has 0 aliphatic heterocycles. The minimum absolute atomic E-state index is 0.0382. The summed E-state index contributed by atoms with van der Waals surface area (Å²) in [5.41, 5.74) is 1.91. The molecule has 0 atom stereocenters. The summed E-state index contributed by atoms with van der Waals surface area (Å²) in [6.45, 7) is 2.06. The monoisotopic (exact) mass is 205 g/mol. The number of rotatable bonds is 4. The van der Waals surface area contributed by atoms with E-state index in [1.807, 2.05) is 36.4 Å². The molecule has 0 spiro atoms. The molecule has 0 saturated carbocycles. The lowest BCUT2D eigenvalue weighted by atomic mass is 10.1. The summed E-state index contributed by atoms with van der Waals surface area (Å²) in [5.74, 6) is -0.0382. The molecule has 3 heteroatoms. The first-order valence-electron chi connectivity index (χ1n) is 4.83. The quantitative estimate of drug-likeness (QED) is 0.779. The normalized spacial score (nSPS) is 10.5. The van der Waals surface area contributed by atoms with Gasteiger partial charge in [0.15, 0.2) is 0 Å². The highest BCUT2D eigenvalue weighted by Gasteiger charge is 1.91. The number of nitrogens with one attached hydrogen (secondary N) is 1. The third-order valence-corrected chi connectivity index (χ3v) is 1.91. The highest BCUT2D eigenvalue weighted by Crippen LogP contribution is 2.06. The lowest BCUT2D eigenvalue weighted by Gasteiger charge is -1.98. The Kier molecular flexibility index (Phi) is 4.57. The highest BCUT2D eigenvalue weighted by atomic mass is 16.3. The highest BCUT2D eigenvalue weighted by molar-refractivity contribution is 5.73. The third-order valence-electron chi connectivity index (χ3n) is 1.91. The van der Waals surface area contributed by atoms with Gasteiger partial charge in [-0.1, -0.05) is 30.4 Å². The second-order valence-electron chi connectivity index (χ2n) is 3.24. The van der Waals surface area contributed by atoms with Crippen molar-refractivity contribution in [2.75, 3.05) is 6.54 Å². The van der Waals surface area contributed by atoms with Crippen molar-refractivity contribution in [3.8, 4) is 0 Å². The molecule has 0 saturated heterocycles. The maximum Gasteiger partial charge on any atom is 0.217 e. The summed E-state index contributed by atoms with van der Waals surface area (Å²) >= 11 is 0. The molecular weight excluding hydrogens is 190 g/mol. The zero-order valence-corrected chi connectivity index (χ0v) is 8.73. The van der Waals surface area contributed by atoms with Crippen LogP contribution < -0.4 is 5.32 Å². The Morgan fingerprint density at radius 1 is 1.53 bits per heavy atom. The third kappa shape index (κ3) is 4.42. The maximum atomic E-state index is 10.6. The number of carbonyl (C=O) groups is 1. The van der Waals surface area contributed by atoms with Gasteiger partial charge in [0.05, 0.1) is 6.61 Å². The smallest absolute Gasteiger partial charge is 0.217 e. The maximum absolute atomic E-state index is 10.6. The van der Waals surface area contributed by atoms with Crippen LogP contribution in [0.5, 0.6) is 0 Å². The van der Waals surface area contributed by atoms with E-state index in [2.05, 4.69) is 5.32 Å². The summed E-state index contributed by atoms with van der Waals surface area (Å²) in [6.07, 6.45) is 3.78. The standard InChI is InChI=1S/C12H15NO2/c1-10(15)13-7-3-6-11-4-2-5-12(8-11)9-14/h2-6,8,14H,7,9H2,1H3,(H,13,15). The first-order valence-corrected chi connectivity index (χ1v) is 4.83. The Bertz CT molecular complexity index is 358. The summed E-state index contributed by atoms with van der Waals surface area (Å²) in [7, 11) is 0. The van der Waals surface area contributed by atoms with Crippen LogP contribution in [-0.2, 0) is 11.4 Å². The molecule has 2 N–H and O–H groups in total. The molecule has 0 aliphatic carbocycles. The molecular formula is C12H15NO2. The molecule has 15 heavy (non-hydrogen) atoms. The van der Waals surface area contributed by atoms with Crippen molar-refractivity contribution >= 4 is 12.0 Å². The molecule has 80 valence electrons. The van der Waals surface area contributed by atoms with Gasteiger partial charge in [-0.2, -0.15) is 0 Å². The Hall–Kier alpha value is -1.61. The summed E-state index contributed by atoms with van der Waals surface area (Å²) < 4.78 is 0. The zero-order chi connectivity index (χ0) is 11.1. The van der Waals surface area contributed by atoms with E-state index in [1.165, 1.54) is 6.92 Å². The molecule has 1 aromatic rings. The Balaban J connectivity index is 2.52. The molecule has 1 aromatic carbocycles. The number of aliphatic hydroxyl groups excluding tert-OH is 1. The zero-order valence-electron chi connectivity index (χ0n) is 8.73. The number of benzene rings is 1. The van der Waals surface area contributed by atoms with Gasteiger partial charge in [-0.3, -0.25) is 4.79 Å². The second kappa shape index (κ2) is 5.98. The van der Waals surface area contributed by atoms with Gasteiger partial charge in [-0.25, -0.2) is 0 Å². The number of hydrogen-bond acceptors (Lipinski definition) is 2. The van der Waals surface area contributed by atoms with Gasteiger partial charge in [0, 0.05) is 13.5 Å². The van der Waals surface area contributed by atoms with Gasteiger partial charge in [0.1, 0.15) is 0 Å². The lowest BCUT2D eigenvalue weighted by Crippen LogP contribution is -2.19. The molecule has 3 nitrogen and oxygen atoms in total.